The Bertz CT molecular complexity index is 918. The Morgan fingerprint density at radius 1 is 0.744 bits per heavy atom. The summed E-state index contributed by atoms with van der Waals surface area (Å²) in [7, 11) is 0. The Hall–Kier alpha value is -2.94. The van der Waals surface area contributed by atoms with Gasteiger partial charge >= 0.3 is 23.9 Å². The standard InChI is InChI=1S/C10H20O4.C8H4O3.C7H14O2.C5H12O4/c1-9(2,5-11)7-14-8(13)10(3,4)6-12;9-7-5-3-1-2-4-6(5)8(10)11-7;1-2-3-4-5-6-7(8)9;6-1-5(2-7,3-8)4-9/h11-12H,5-7H2,1-4H3;1-4H;2-6H2,1H3,(H,8,9);6-9H,1-4H2. The molecule has 1 aliphatic heterocycles. The van der Waals surface area contributed by atoms with Crippen molar-refractivity contribution in [2.75, 3.05) is 46.2 Å². The van der Waals surface area contributed by atoms with Gasteiger partial charge in [-0.05, 0) is 32.4 Å². The van der Waals surface area contributed by atoms with E-state index in [1.54, 1.807) is 52.0 Å². The maximum absolute atomic E-state index is 11.4. The number of aliphatic carboxylic acids is 1. The number of unbranched alkanes of at least 4 members (excludes halogenated alkanes) is 3. The van der Waals surface area contributed by atoms with E-state index in [2.05, 4.69) is 11.7 Å². The fraction of sp³-hybridized carbons (Fsp3) is 0.667. The molecule has 13 nitrogen and oxygen atoms in total. The number of carbonyl (C=O) groups is 4. The van der Waals surface area contributed by atoms with Crippen molar-refractivity contribution in [3.8, 4) is 0 Å². The fourth-order valence-corrected chi connectivity index (χ4v) is 2.60. The Balaban J connectivity index is 0. The number of aliphatic hydroxyl groups is 6. The van der Waals surface area contributed by atoms with Crippen LogP contribution >= 0.6 is 0 Å². The van der Waals surface area contributed by atoms with Gasteiger partial charge in [-0.3, -0.25) is 9.59 Å². The number of rotatable bonds is 14. The number of hydrogen-bond donors (Lipinski definition) is 7. The van der Waals surface area contributed by atoms with Crippen LogP contribution in [0.5, 0.6) is 0 Å². The van der Waals surface area contributed by atoms with E-state index in [4.69, 9.17) is 40.5 Å². The molecule has 2 rings (SSSR count). The molecule has 0 radical (unpaired) electrons. The van der Waals surface area contributed by atoms with Crippen molar-refractivity contribution in [3.63, 3.8) is 0 Å². The molecule has 0 atom stereocenters. The van der Waals surface area contributed by atoms with E-state index in [-0.39, 0.29) is 19.8 Å². The molecule has 0 bridgehead atoms. The van der Waals surface area contributed by atoms with Crippen LogP contribution in [0, 0.1) is 16.2 Å². The van der Waals surface area contributed by atoms with E-state index in [9.17, 15) is 19.2 Å². The lowest BCUT2D eigenvalue weighted by Gasteiger charge is -2.25. The SMILES string of the molecule is CC(C)(CO)COC(=O)C(C)(C)CO.CCCCCCC(=O)O.O=C1OC(=O)c2ccccc21.OCC(CO)(CO)CO. The molecule has 0 aliphatic carbocycles. The molecule has 0 aromatic heterocycles. The Labute approximate surface area is 253 Å². The minimum Gasteiger partial charge on any atom is -0.481 e. The first kappa shape index (κ1) is 42.2. The van der Waals surface area contributed by atoms with E-state index in [0.29, 0.717) is 17.5 Å². The van der Waals surface area contributed by atoms with Crippen LogP contribution in [-0.2, 0) is 19.1 Å². The van der Waals surface area contributed by atoms with E-state index in [1.807, 2.05) is 0 Å². The summed E-state index contributed by atoms with van der Waals surface area (Å²) >= 11 is 0. The predicted octanol–water partition coefficient (Wildman–Crippen LogP) is 1.55. The summed E-state index contributed by atoms with van der Waals surface area (Å²) in [5.41, 5.74) is -1.69. The van der Waals surface area contributed by atoms with E-state index in [0.717, 1.165) is 19.3 Å². The maximum atomic E-state index is 11.4. The topological polar surface area (TPSA) is 228 Å². The summed E-state index contributed by atoms with van der Waals surface area (Å²) in [5, 5.41) is 60.0. The minimum atomic E-state index is -1.11. The minimum absolute atomic E-state index is 0.0418. The Morgan fingerprint density at radius 3 is 1.53 bits per heavy atom. The highest BCUT2D eigenvalue weighted by molar-refractivity contribution is 6.14. The largest absolute Gasteiger partial charge is 0.481 e. The van der Waals surface area contributed by atoms with Crippen LogP contribution in [0.1, 0.15) is 87.4 Å². The third kappa shape index (κ3) is 17.1. The second kappa shape index (κ2) is 21.7. The number of aliphatic hydroxyl groups excluding tert-OH is 6. The first-order valence-corrected chi connectivity index (χ1v) is 14.0. The highest BCUT2D eigenvalue weighted by atomic mass is 16.6. The zero-order chi connectivity index (χ0) is 33.7. The molecule has 0 saturated heterocycles. The maximum Gasteiger partial charge on any atom is 0.346 e. The lowest BCUT2D eigenvalue weighted by molar-refractivity contribution is -0.160. The molecule has 1 aromatic rings. The molecule has 1 aliphatic rings. The van der Waals surface area contributed by atoms with Gasteiger partial charge in [0.25, 0.3) is 0 Å². The van der Waals surface area contributed by atoms with Crippen molar-refractivity contribution in [1.82, 2.24) is 0 Å². The molecular weight excluding hydrogens is 568 g/mol. The number of carboxylic acids is 1. The zero-order valence-electron chi connectivity index (χ0n) is 25.9. The fourth-order valence-electron chi connectivity index (χ4n) is 2.60. The van der Waals surface area contributed by atoms with Crippen LogP contribution in [-0.4, -0.2) is 106 Å². The van der Waals surface area contributed by atoms with Crippen LogP contribution in [0.15, 0.2) is 24.3 Å². The van der Waals surface area contributed by atoms with Crippen molar-refractivity contribution in [3.05, 3.63) is 35.4 Å². The number of esters is 3. The smallest absolute Gasteiger partial charge is 0.346 e. The first-order valence-electron chi connectivity index (χ1n) is 14.0. The summed E-state index contributed by atoms with van der Waals surface area (Å²) < 4.78 is 9.35. The lowest BCUT2D eigenvalue weighted by atomic mass is 9.93. The number of hydrogen-bond acceptors (Lipinski definition) is 12. The summed E-state index contributed by atoms with van der Waals surface area (Å²) in [6.07, 6.45) is 4.55. The van der Waals surface area contributed by atoms with Crippen molar-refractivity contribution in [2.24, 2.45) is 16.2 Å². The number of fused-ring (bicyclic) bond motifs is 1. The summed E-state index contributed by atoms with van der Waals surface area (Å²) in [4.78, 5) is 43.0. The molecule has 0 amide bonds. The van der Waals surface area contributed by atoms with Crippen LogP contribution in [0.25, 0.3) is 0 Å². The van der Waals surface area contributed by atoms with Crippen LogP contribution < -0.4 is 0 Å². The number of benzene rings is 1. The molecule has 248 valence electrons. The Morgan fingerprint density at radius 2 is 1.21 bits per heavy atom. The third-order valence-electron chi connectivity index (χ3n) is 6.11. The molecule has 0 unspecified atom stereocenters. The van der Waals surface area contributed by atoms with Crippen molar-refractivity contribution >= 4 is 23.9 Å². The van der Waals surface area contributed by atoms with E-state index in [1.165, 1.54) is 6.42 Å². The van der Waals surface area contributed by atoms with Gasteiger partial charge in [0.1, 0.15) is 0 Å². The highest BCUT2D eigenvalue weighted by Gasteiger charge is 2.31. The molecule has 43 heavy (non-hydrogen) atoms. The van der Waals surface area contributed by atoms with E-state index >= 15 is 0 Å². The molecule has 1 aromatic carbocycles. The molecule has 7 N–H and O–H groups in total. The second-order valence-electron chi connectivity index (χ2n) is 11.5. The van der Waals surface area contributed by atoms with Gasteiger partial charge in [0, 0.05) is 11.8 Å². The highest BCUT2D eigenvalue weighted by Crippen LogP contribution is 2.20. The van der Waals surface area contributed by atoms with Gasteiger partial charge in [-0.2, -0.15) is 0 Å². The monoisotopic (exact) mass is 618 g/mol. The molecular formula is C30H50O13. The normalized spacial score (nSPS) is 12.3. The molecule has 0 fully saturated rings. The first-order chi connectivity index (χ1) is 20.0. The van der Waals surface area contributed by atoms with Gasteiger partial charge in [-0.15, -0.1) is 0 Å². The quantitative estimate of drug-likeness (QED) is 0.0893. The Kier molecular flexibility index (Phi) is 21.3. The second-order valence-corrected chi connectivity index (χ2v) is 11.5. The number of cyclic esters (lactones) is 2. The summed E-state index contributed by atoms with van der Waals surface area (Å²) in [5.74, 6) is -2.22. The number of carbonyl (C=O) groups excluding carboxylic acids is 3. The van der Waals surface area contributed by atoms with Gasteiger partial charge in [0.2, 0.25) is 0 Å². The molecule has 0 spiro atoms. The van der Waals surface area contributed by atoms with Crippen LogP contribution in [0.2, 0.25) is 0 Å². The number of carboxylic acid groups (broad SMARTS) is 1. The molecule has 1 heterocycles. The van der Waals surface area contributed by atoms with Crippen molar-refractivity contribution in [2.45, 2.75) is 66.7 Å². The van der Waals surface area contributed by atoms with Gasteiger partial charge in [-0.1, -0.05) is 52.2 Å². The zero-order valence-corrected chi connectivity index (χ0v) is 25.9. The summed E-state index contributed by atoms with van der Waals surface area (Å²) in [6, 6.07) is 6.53. The third-order valence-corrected chi connectivity index (χ3v) is 6.11. The van der Waals surface area contributed by atoms with Crippen molar-refractivity contribution in [1.29, 1.82) is 0 Å². The average Bonchev–Trinajstić information content (AvgIpc) is 3.29. The number of ether oxygens (including phenoxy) is 2. The lowest BCUT2D eigenvalue weighted by Crippen LogP contribution is -2.37. The van der Waals surface area contributed by atoms with Crippen molar-refractivity contribution < 1.29 is 64.4 Å². The van der Waals surface area contributed by atoms with Gasteiger partial charge < -0.3 is 45.2 Å². The van der Waals surface area contributed by atoms with E-state index < -0.39 is 66.5 Å². The van der Waals surface area contributed by atoms with Crippen LogP contribution in [0.4, 0.5) is 0 Å². The summed E-state index contributed by atoms with van der Waals surface area (Å²) in [6.45, 7) is 7.18. The predicted molar refractivity (Wildman–Crippen MR) is 156 cm³/mol. The van der Waals surface area contributed by atoms with Crippen LogP contribution in [0.3, 0.4) is 0 Å². The molecule has 0 saturated carbocycles. The van der Waals surface area contributed by atoms with Gasteiger partial charge in [0.15, 0.2) is 0 Å². The average molecular weight is 619 g/mol. The van der Waals surface area contributed by atoms with Gasteiger partial charge in [-0.25, -0.2) is 9.59 Å². The molecule has 13 heteroatoms. The van der Waals surface area contributed by atoms with Gasteiger partial charge in [0.05, 0.1) is 68.2 Å².